The zero-order valence-electron chi connectivity index (χ0n) is 14.1. The fourth-order valence-corrected chi connectivity index (χ4v) is 3.77. The zero-order valence-corrected chi connectivity index (χ0v) is 14.9. The molecule has 1 saturated heterocycles. The van der Waals surface area contributed by atoms with Crippen molar-refractivity contribution >= 4 is 40.4 Å². The second-order valence-corrected chi connectivity index (χ2v) is 6.75. The SMILES string of the molecule is CCOC(=O)C1C(C)=NC(=O)N=C1SCC(=O)N1CCCCCC1. The van der Waals surface area contributed by atoms with Gasteiger partial charge >= 0.3 is 12.0 Å². The Morgan fingerprint density at radius 1 is 1.21 bits per heavy atom. The van der Waals surface area contributed by atoms with E-state index in [2.05, 4.69) is 9.98 Å². The third-order valence-corrected chi connectivity index (χ3v) is 4.98. The standard InChI is InChI=1S/C16H23N3O4S/c1-3-23-15(21)13-11(2)17-16(22)18-14(13)24-10-12(20)19-8-6-4-5-7-9-19/h13H,3-10H2,1-2H3. The van der Waals surface area contributed by atoms with Crippen molar-refractivity contribution in [1.29, 1.82) is 0 Å². The Hall–Kier alpha value is -1.70. The smallest absolute Gasteiger partial charge is 0.367 e. The molecule has 0 aromatic heterocycles. The molecule has 1 unspecified atom stereocenters. The summed E-state index contributed by atoms with van der Waals surface area (Å²) in [6.07, 6.45) is 4.34. The van der Waals surface area contributed by atoms with Crippen LogP contribution in [0.4, 0.5) is 4.79 Å². The molecule has 0 radical (unpaired) electrons. The van der Waals surface area contributed by atoms with Gasteiger partial charge in [-0.25, -0.2) is 4.79 Å². The summed E-state index contributed by atoms with van der Waals surface area (Å²) >= 11 is 1.13. The van der Waals surface area contributed by atoms with Gasteiger partial charge in [-0.3, -0.25) is 9.59 Å². The van der Waals surface area contributed by atoms with Gasteiger partial charge in [0, 0.05) is 18.8 Å². The number of hydrogen-bond acceptors (Lipinski definition) is 5. The largest absolute Gasteiger partial charge is 0.465 e. The molecule has 0 aromatic carbocycles. The summed E-state index contributed by atoms with van der Waals surface area (Å²) in [4.78, 5) is 45.5. The minimum absolute atomic E-state index is 0.0137. The van der Waals surface area contributed by atoms with Gasteiger partial charge in [0.05, 0.1) is 17.4 Å². The van der Waals surface area contributed by atoms with E-state index in [0.717, 1.165) is 50.5 Å². The van der Waals surface area contributed by atoms with E-state index in [-0.39, 0.29) is 18.3 Å². The third kappa shape index (κ3) is 4.90. The van der Waals surface area contributed by atoms with Crippen LogP contribution in [0.3, 0.4) is 0 Å². The number of hydrogen-bond donors (Lipinski definition) is 0. The van der Waals surface area contributed by atoms with Crippen LogP contribution in [-0.2, 0) is 14.3 Å². The number of carbonyl (C=O) groups is 3. The minimum atomic E-state index is -0.787. The van der Waals surface area contributed by atoms with Crippen molar-refractivity contribution in [3.8, 4) is 0 Å². The Labute approximate surface area is 145 Å². The Balaban J connectivity index is 2.01. The molecule has 7 nitrogen and oxygen atoms in total. The Morgan fingerprint density at radius 3 is 2.50 bits per heavy atom. The lowest BCUT2D eigenvalue weighted by atomic mass is 10.1. The Kier molecular flexibility index (Phi) is 6.96. The molecule has 2 aliphatic rings. The van der Waals surface area contributed by atoms with Gasteiger partial charge in [-0.2, -0.15) is 9.98 Å². The van der Waals surface area contributed by atoms with Crippen molar-refractivity contribution in [1.82, 2.24) is 4.90 Å². The number of esters is 1. The fraction of sp³-hybridized carbons (Fsp3) is 0.688. The van der Waals surface area contributed by atoms with Crippen molar-refractivity contribution in [2.75, 3.05) is 25.4 Å². The molecule has 1 fully saturated rings. The van der Waals surface area contributed by atoms with Crippen molar-refractivity contribution < 1.29 is 19.1 Å². The number of amides is 3. The molecule has 0 spiro atoms. The van der Waals surface area contributed by atoms with Gasteiger partial charge in [-0.1, -0.05) is 24.6 Å². The van der Waals surface area contributed by atoms with E-state index in [1.54, 1.807) is 13.8 Å². The molecule has 8 heteroatoms. The zero-order chi connectivity index (χ0) is 17.5. The van der Waals surface area contributed by atoms with Crippen molar-refractivity contribution in [2.45, 2.75) is 39.5 Å². The number of carbonyl (C=O) groups excluding carboxylic acids is 3. The van der Waals surface area contributed by atoms with E-state index in [9.17, 15) is 14.4 Å². The molecule has 0 saturated carbocycles. The molecule has 0 bridgehead atoms. The highest BCUT2D eigenvalue weighted by molar-refractivity contribution is 8.14. The van der Waals surface area contributed by atoms with Gasteiger partial charge in [-0.05, 0) is 26.7 Å². The summed E-state index contributed by atoms with van der Waals surface area (Å²) in [6.45, 7) is 5.09. The number of urea groups is 1. The summed E-state index contributed by atoms with van der Waals surface area (Å²) < 4.78 is 5.04. The van der Waals surface area contributed by atoms with E-state index >= 15 is 0 Å². The van der Waals surface area contributed by atoms with E-state index < -0.39 is 17.9 Å². The van der Waals surface area contributed by atoms with Gasteiger partial charge in [0.1, 0.15) is 5.92 Å². The molecule has 1 atom stereocenters. The molecule has 24 heavy (non-hydrogen) atoms. The number of thioether (sulfide) groups is 1. The van der Waals surface area contributed by atoms with Crippen LogP contribution >= 0.6 is 11.8 Å². The second kappa shape index (κ2) is 8.96. The second-order valence-electron chi connectivity index (χ2n) is 5.75. The number of nitrogens with zero attached hydrogens (tertiary/aromatic N) is 3. The van der Waals surface area contributed by atoms with Crippen LogP contribution in [0.2, 0.25) is 0 Å². The van der Waals surface area contributed by atoms with E-state index in [4.69, 9.17) is 4.74 Å². The van der Waals surface area contributed by atoms with Crippen LogP contribution in [0.1, 0.15) is 39.5 Å². The third-order valence-electron chi connectivity index (χ3n) is 3.97. The van der Waals surface area contributed by atoms with E-state index in [1.165, 1.54) is 0 Å². The average Bonchev–Trinajstić information content (AvgIpc) is 2.81. The fourth-order valence-electron chi connectivity index (χ4n) is 2.74. The molecule has 132 valence electrons. The van der Waals surface area contributed by atoms with Gasteiger partial charge < -0.3 is 9.64 Å². The molecule has 0 aromatic rings. The highest BCUT2D eigenvalue weighted by Crippen LogP contribution is 2.22. The van der Waals surface area contributed by atoms with Crippen molar-refractivity contribution in [3.63, 3.8) is 0 Å². The van der Waals surface area contributed by atoms with Gasteiger partial charge in [0.2, 0.25) is 5.91 Å². The van der Waals surface area contributed by atoms with Crippen LogP contribution < -0.4 is 0 Å². The van der Waals surface area contributed by atoms with E-state index in [1.807, 2.05) is 4.90 Å². The molecular weight excluding hydrogens is 330 g/mol. The first-order valence-corrected chi connectivity index (χ1v) is 9.26. The highest BCUT2D eigenvalue weighted by Gasteiger charge is 2.34. The van der Waals surface area contributed by atoms with Crippen LogP contribution in [0, 0.1) is 5.92 Å². The molecule has 2 aliphatic heterocycles. The summed E-state index contributed by atoms with van der Waals surface area (Å²) in [5, 5.41) is 0.300. The quantitative estimate of drug-likeness (QED) is 0.724. The average molecular weight is 353 g/mol. The number of ether oxygens (including phenoxy) is 1. The number of rotatable bonds is 4. The maximum atomic E-state index is 12.4. The van der Waals surface area contributed by atoms with Crippen molar-refractivity contribution in [2.24, 2.45) is 15.9 Å². The maximum Gasteiger partial charge on any atom is 0.367 e. The highest BCUT2D eigenvalue weighted by atomic mass is 32.2. The molecule has 2 rings (SSSR count). The van der Waals surface area contributed by atoms with Crippen LogP contribution in [0.5, 0.6) is 0 Å². The van der Waals surface area contributed by atoms with Crippen LogP contribution in [-0.4, -0.2) is 59.0 Å². The number of aliphatic imine (C=N–C) groups is 2. The van der Waals surface area contributed by atoms with Gasteiger partial charge in [-0.15, -0.1) is 0 Å². The Bertz CT molecular complexity index is 566. The van der Waals surface area contributed by atoms with Crippen LogP contribution in [0.15, 0.2) is 9.98 Å². The summed E-state index contributed by atoms with van der Waals surface area (Å²) in [5.41, 5.74) is 0.359. The van der Waals surface area contributed by atoms with Gasteiger partial charge in [0.25, 0.3) is 0 Å². The molecule has 0 N–H and O–H groups in total. The molecule has 3 amide bonds. The maximum absolute atomic E-state index is 12.4. The summed E-state index contributed by atoms with van der Waals surface area (Å²) in [7, 11) is 0. The number of likely N-dealkylation sites (tertiary alicyclic amines) is 1. The van der Waals surface area contributed by atoms with E-state index in [0.29, 0.717) is 10.8 Å². The van der Waals surface area contributed by atoms with Crippen LogP contribution in [0.25, 0.3) is 0 Å². The topological polar surface area (TPSA) is 88.4 Å². The monoisotopic (exact) mass is 353 g/mol. The predicted molar refractivity (Wildman–Crippen MR) is 93.6 cm³/mol. The predicted octanol–water partition coefficient (Wildman–Crippen LogP) is 2.29. The lowest BCUT2D eigenvalue weighted by Crippen LogP contribution is -2.36. The summed E-state index contributed by atoms with van der Waals surface area (Å²) in [5.74, 6) is -1.10. The molecular formula is C16H23N3O4S. The lowest BCUT2D eigenvalue weighted by Gasteiger charge is -2.22. The Morgan fingerprint density at radius 2 is 1.88 bits per heavy atom. The van der Waals surface area contributed by atoms with Crippen molar-refractivity contribution in [3.05, 3.63) is 0 Å². The van der Waals surface area contributed by atoms with Gasteiger partial charge in [0.15, 0.2) is 0 Å². The first-order valence-electron chi connectivity index (χ1n) is 8.28. The summed E-state index contributed by atoms with van der Waals surface area (Å²) in [6, 6.07) is -0.641. The minimum Gasteiger partial charge on any atom is -0.465 e. The molecule has 0 aliphatic carbocycles. The molecule has 2 heterocycles. The first-order chi connectivity index (χ1) is 11.5. The first kappa shape index (κ1) is 18.6. The normalized spacial score (nSPS) is 21.7. The lowest BCUT2D eigenvalue weighted by molar-refractivity contribution is -0.143.